The Balaban J connectivity index is -0.000000602. The van der Waals surface area contributed by atoms with E-state index >= 15 is 0 Å². The molecule has 4 N–H and O–H groups in total. The maximum absolute atomic E-state index is 10.6. The van der Waals surface area contributed by atoms with Gasteiger partial charge in [0.15, 0.2) is 0 Å². The number of aliphatic carboxylic acids is 4. The van der Waals surface area contributed by atoms with Gasteiger partial charge in [0.25, 0.3) is 0 Å². The molecule has 21 heavy (non-hydrogen) atoms. The van der Waals surface area contributed by atoms with E-state index in [9.17, 15) is 19.2 Å². The molecule has 0 aromatic carbocycles. The van der Waals surface area contributed by atoms with Crippen LogP contribution in [0.2, 0.25) is 0 Å². The van der Waals surface area contributed by atoms with Crippen LogP contribution in [0.5, 0.6) is 0 Å². The van der Waals surface area contributed by atoms with Crippen LogP contribution >= 0.6 is 0 Å². The van der Waals surface area contributed by atoms with Gasteiger partial charge in [0.1, 0.15) is 0 Å². The summed E-state index contributed by atoms with van der Waals surface area (Å²) in [7, 11) is 0. The zero-order chi connectivity index (χ0) is 15.7. The van der Waals surface area contributed by atoms with Crippen molar-refractivity contribution in [1.29, 1.82) is 0 Å². The number of nitrogens with zero attached hydrogens (tertiary/aromatic N) is 2. The Morgan fingerprint density at radius 2 is 0.810 bits per heavy atom. The third kappa shape index (κ3) is 14.0. The van der Waals surface area contributed by atoms with Crippen LogP contribution in [0.1, 0.15) is 2.85 Å². The molecule has 0 rings (SSSR count). The normalized spacial score (nSPS) is 10.2. The minimum Gasteiger partial charge on any atom is -1.00 e. The van der Waals surface area contributed by atoms with Crippen LogP contribution in [-0.2, 0) is 19.2 Å². The van der Waals surface area contributed by atoms with Gasteiger partial charge in [0.05, 0.1) is 26.2 Å². The van der Waals surface area contributed by atoms with Gasteiger partial charge >= 0.3 is 69.4 Å². The van der Waals surface area contributed by atoms with E-state index in [2.05, 4.69) is 0 Å². The van der Waals surface area contributed by atoms with Crippen molar-refractivity contribution in [2.24, 2.45) is 0 Å². The van der Waals surface area contributed by atoms with Gasteiger partial charge in [-0.2, -0.15) is 0 Å². The molecule has 0 heterocycles. The maximum atomic E-state index is 10.6. The van der Waals surface area contributed by atoms with Crippen LogP contribution in [0, 0.1) is 0 Å². The van der Waals surface area contributed by atoms with Crippen molar-refractivity contribution < 1.29 is 42.5 Å². The van der Waals surface area contributed by atoms with Crippen LogP contribution in [0.25, 0.3) is 0 Å². The second-order valence-corrected chi connectivity index (χ2v) is 4.00. The molecule has 0 radical (unpaired) electrons. The van der Waals surface area contributed by atoms with E-state index in [1.54, 1.807) is 0 Å². The molecular weight excluding hydrogens is 364 g/mol. The SMILES string of the molecule is O=C(O)CN(CCN(CC(=O)O)CC(=O)O)CC(=O)O.[H-].[H-].[Sr+2]. The predicted molar refractivity (Wildman–Crippen MR) is 71.4 cm³/mol. The van der Waals surface area contributed by atoms with E-state index in [0.717, 1.165) is 9.80 Å². The molecular formula is C10H18N2O8Sr. The fourth-order valence-corrected chi connectivity index (χ4v) is 1.48. The zero-order valence-corrected chi connectivity index (χ0v) is 14.7. The molecule has 0 fully saturated rings. The van der Waals surface area contributed by atoms with E-state index in [4.69, 9.17) is 20.4 Å². The first-order valence-electron chi connectivity index (χ1n) is 5.52. The van der Waals surface area contributed by atoms with Crippen LogP contribution in [0.4, 0.5) is 0 Å². The average molecular weight is 382 g/mol. The van der Waals surface area contributed by atoms with E-state index in [1.165, 1.54) is 0 Å². The van der Waals surface area contributed by atoms with Crippen molar-refractivity contribution in [2.75, 3.05) is 39.3 Å². The molecule has 0 aliphatic rings. The van der Waals surface area contributed by atoms with E-state index in [-0.39, 0.29) is 61.4 Å². The number of hydrogen-bond acceptors (Lipinski definition) is 6. The Hall–Kier alpha value is -0.719. The number of carboxylic acid groups (broad SMARTS) is 4. The van der Waals surface area contributed by atoms with E-state index in [1.807, 2.05) is 0 Å². The van der Waals surface area contributed by atoms with Gasteiger partial charge in [0.2, 0.25) is 0 Å². The van der Waals surface area contributed by atoms with Gasteiger partial charge in [-0.15, -0.1) is 0 Å². The summed E-state index contributed by atoms with van der Waals surface area (Å²) in [6.07, 6.45) is 0. The Kier molecular flexibility index (Phi) is 12.8. The number of hydrogen-bond donors (Lipinski definition) is 4. The third-order valence-electron chi connectivity index (χ3n) is 2.17. The van der Waals surface area contributed by atoms with Gasteiger partial charge in [-0.1, -0.05) is 0 Å². The van der Waals surface area contributed by atoms with Crippen molar-refractivity contribution >= 4 is 69.4 Å². The number of carboxylic acids is 4. The average Bonchev–Trinajstić information content (AvgIpc) is 2.22. The minimum absolute atomic E-state index is 0. The molecule has 118 valence electrons. The standard InChI is InChI=1S/C10H16N2O8.Sr.2H/c13-7(14)3-11(4-8(15)16)1-2-12(5-9(17)18)6-10(19)20;;;/h1-6H2,(H,13,14)(H,15,16)(H,17,18)(H,19,20);;;/q;+2;2*-1. The second kappa shape index (κ2) is 11.9. The molecule has 0 aliphatic heterocycles. The Labute approximate surface area is 160 Å². The summed E-state index contributed by atoms with van der Waals surface area (Å²) in [6.45, 7) is -2.25. The fraction of sp³-hybridized carbons (Fsp3) is 0.600. The van der Waals surface area contributed by atoms with Gasteiger partial charge in [-0.3, -0.25) is 29.0 Å². The largest absolute Gasteiger partial charge is 2.00 e. The van der Waals surface area contributed by atoms with Gasteiger partial charge in [-0.05, 0) is 0 Å². The first kappa shape index (κ1) is 22.6. The molecule has 11 heteroatoms. The first-order valence-corrected chi connectivity index (χ1v) is 5.52. The summed E-state index contributed by atoms with van der Waals surface area (Å²) in [5.74, 6) is -4.91. The van der Waals surface area contributed by atoms with Crippen LogP contribution < -0.4 is 0 Å². The van der Waals surface area contributed by atoms with Crippen molar-refractivity contribution in [3.63, 3.8) is 0 Å². The van der Waals surface area contributed by atoms with Crippen LogP contribution in [0.15, 0.2) is 0 Å². The molecule has 0 bridgehead atoms. The van der Waals surface area contributed by atoms with Gasteiger partial charge in [-0.25, -0.2) is 0 Å². The Morgan fingerprint density at radius 3 is 0.952 bits per heavy atom. The van der Waals surface area contributed by atoms with E-state index < -0.39 is 50.1 Å². The van der Waals surface area contributed by atoms with E-state index in [0.29, 0.717) is 0 Å². The smallest absolute Gasteiger partial charge is 1.00 e. The van der Waals surface area contributed by atoms with Crippen LogP contribution in [-0.4, -0.2) is 139 Å². The fourth-order valence-electron chi connectivity index (χ4n) is 1.48. The summed E-state index contributed by atoms with van der Waals surface area (Å²) < 4.78 is 0. The van der Waals surface area contributed by atoms with Crippen molar-refractivity contribution in [2.45, 2.75) is 0 Å². The topological polar surface area (TPSA) is 156 Å². The molecule has 0 saturated heterocycles. The molecule has 0 aromatic heterocycles. The molecule has 0 unspecified atom stereocenters. The summed E-state index contributed by atoms with van der Waals surface area (Å²) in [4.78, 5) is 44.4. The molecule has 0 spiro atoms. The molecule has 0 atom stereocenters. The monoisotopic (exact) mass is 382 g/mol. The molecule has 0 aliphatic carbocycles. The zero-order valence-electron chi connectivity index (χ0n) is 13.3. The van der Waals surface area contributed by atoms with Crippen molar-refractivity contribution in [1.82, 2.24) is 9.80 Å². The predicted octanol–water partition coefficient (Wildman–Crippen LogP) is -2.23. The van der Waals surface area contributed by atoms with Gasteiger partial charge in [0, 0.05) is 13.1 Å². The quantitative estimate of drug-likeness (QED) is 0.289. The minimum atomic E-state index is -1.23. The van der Waals surface area contributed by atoms with Gasteiger partial charge < -0.3 is 23.3 Å². The number of carbonyl (C=O) groups is 4. The first-order chi connectivity index (χ1) is 9.20. The van der Waals surface area contributed by atoms with Crippen molar-refractivity contribution in [3.05, 3.63) is 0 Å². The summed E-state index contributed by atoms with van der Waals surface area (Å²) in [6, 6.07) is 0. The molecule has 0 aromatic rings. The maximum Gasteiger partial charge on any atom is 2.00 e. The molecule has 10 nitrogen and oxygen atoms in total. The van der Waals surface area contributed by atoms with Crippen LogP contribution in [0.3, 0.4) is 0 Å². The van der Waals surface area contributed by atoms with Crippen molar-refractivity contribution in [3.8, 4) is 0 Å². The molecule has 0 saturated carbocycles. The third-order valence-corrected chi connectivity index (χ3v) is 2.17. The Bertz CT molecular complexity index is 331. The summed E-state index contributed by atoms with van der Waals surface area (Å²) in [5, 5.41) is 34.5. The molecule has 0 amide bonds. The Morgan fingerprint density at radius 1 is 0.619 bits per heavy atom. The summed E-state index contributed by atoms with van der Waals surface area (Å²) >= 11 is 0. The summed E-state index contributed by atoms with van der Waals surface area (Å²) in [5.41, 5.74) is 0. The number of rotatable bonds is 11. The second-order valence-electron chi connectivity index (χ2n) is 4.00.